The molecule has 600 valence electrons. The van der Waals surface area contributed by atoms with E-state index in [0.29, 0.717) is 32.1 Å². The van der Waals surface area contributed by atoms with Gasteiger partial charge in [-0.3, -0.25) is 37.3 Å². The van der Waals surface area contributed by atoms with Crippen LogP contribution in [0.25, 0.3) is 0 Å². The highest BCUT2D eigenvalue weighted by Gasteiger charge is 2.30. The fourth-order valence-corrected chi connectivity index (χ4v) is 11.4. The Balaban J connectivity index is 5.52. The first-order chi connectivity index (χ1) is 51.7. The largest absolute Gasteiger partial charge is 0.472 e. The summed E-state index contributed by atoms with van der Waals surface area (Å²) in [5, 5.41) is 10.6. The van der Waals surface area contributed by atoms with Gasteiger partial charge in [0, 0.05) is 25.7 Å². The second-order valence-corrected chi connectivity index (χ2v) is 28.8. The topological polar surface area (TPSA) is 237 Å². The summed E-state index contributed by atoms with van der Waals surface area (Å²) >= 11 is 0. The average Bonchev–Trinajstić information content (AvgIpc) is 0.902. The van der Waals surface area contributed by atoms with Crippen LogP contribution in [0.5, 0.6) is 0 Å². The molecule has 0 amide bonds. The second-order valence-electron chi connectivity index (χ2n) is 25.9. The van der Waals surface area contributed by atoms with E-state index in [1.54, 1.807) is 0 Å². The van der Waals surface area contributed by atoms with Crippen molar-refractivity contribution in [2.45, 2.75) is 303 Å². The maximum absolute atomic E-state index is 13.1. The number of aliphatic hydroxyl groups is 1. The maximum atomic E-state index is 13.1. The number of hydrogen-bond acceptors (Lipinski definition) is 15. The molecule has 0 aliphatic heterocycles. The van der Waals surface area contributed by atoms with Crippen LogP contribution in [0.2, 0.25) is 0 Å². The van der Waals surface area contributed by atoms with Gasteiger partial charge in [0.05, 0.1) is 26.4 Å². The molecule has 3 unspecified atom stereocenters. The zero-order chi connectivity index (χ0) is 77.4. The number of phosphoric acid groups is 2. The molecule has 0 aromatic carbocycles. The van der Waals surface area contributed by atoms with E-state index in [1.807, 2.05) is 18.2 Å². The number of aliphatic hydroxyl groups excluding tert-OH is 1. The number of hydrogen-bond donors (Lipinski definition) is 3. The van der Waals surface area contributed by atoms with Gasteiger partial charge in [-0.2, -0.15) is 0 Å². The summed E-state index contributed by atoms with van der Waals surface area (Å²) in [7, 11) is -10.0. The fourth-order valence-electron chi connectivity index (χ4n) is 9.80. The molecule has 0 spiro atoms. The molecule has 0 aliphatic rings. The molecule has 0 fully saturated rings. The molecular weight excluding hydrogens is 1380 g/mol. The van der Waals surface area contributed by atoms with Crippen LogP contribution in [-0.2, 0) is 65.4 Å². The molecule has 0 heterocycles. The van der Waals surface area contributed by atoms with Crippen molar-refractivity contribution in [2.24, 2.45) is 0 Å². The monoisotopic (exact) mass is 1520 g/mol. The van der Waals surface area contributed by atoms with Gasteiger partial charge in [-0.25, -0.2) is 9.13 Å². The van der Waals surface area contributed by atoms with Crippen LogP contribution in [-0.4, -0.2) is 96.7 Å². The Kier molecular flexibility index (Phi) is 73.1. The van der Waals surface area contributed by atoms with Crippen molar-refractivity contribution in [3.63, 3.8) is 0 Å². The van der Waals surface area contributed by atoms with Crippen molar-refractivity contribution >= 4 is 39.5 Å². The molecule has 17 nitrogen and oxygen atoms in total. The van der Waals surface area contributed by atoms with Crippen LogP contribution in [0, 0.1) is 0 Å². The zero-order valence-corrected chi connectivity index (χ0v) is 67.3. The van der Waals surface area contributed by atoms with Gasteiger partial charge in [0.1, 0.15) is 19.3 Å². The molecule has 0 aliphatic carbocycles. The highest BCUT2D eigenvalue weighted by Crippen LogP contribution is 2.45. The zero-order valence-electron chi connectivity index (χ0n) is 65.5. The summed E-state index contributed by atoms with van der Waals surface area (Å²) < 4.78 is 68.5. The number of carbonyl (C=O) groups is 4. The summed E-state index contributed by atoms with van der Waals surface area (Å²) in [6.07, 6.45) is 93.1. The lowest BCUT2D eigenvalue weighted by molar-refractivity contribution is -0.161. The highest BCUT2D eigenvalue weighted by atomic mass is 31.2. The van der Waals surface area contributed by atoms with Gasteiger partial charge >= 0.3 is 39.5 Å². The molecule has 0 aromatic heterocycles. The predicted molar refractivity (Wildman–Crippen MR) is 436 cm³/mol. The Morgan fingerprint density at radius 2 is 0.509 bits per heavy atom. The maximum Gasteiger partial charge on any atom is 0.472 e. The van der Waals surface area contributed by atoms with Gasteiger partial charge in [-0.05, 0) is 173 Å². The summed E-state index contributed by atoms with van der Waals surface area (Å²) in [4.78, 5) is 73.0. The number of esters is 4. The lowest BCUT2D eigenvalue weighted by Gasteiger charge is -2.21. The van der Waals surface area contributed by atoms with E-state index in [9.17, 15) is 43.2 Å². The van der Waals surface area contributed by atoms with Crippen LogP contribution in [0.1, 0.15) is 285 Å². The van der Waals surface area contributed by atoms with E-state index in [-0.39, 0.29) is 25.7 Å². The van der Waals surface area contributed by atoms with E-state index in [0.717, 1.165) is 161 Å². The minimum atomic E-state index is -5.01. The summed E-state index contributed by atoms with van der Waals surface area (Å²) in [5.74, 6) is -2.38. The van der Waals surface area contributed by atoms with Crippen LogP contribution in [0.4, 0.5) is 0 Å². The Bertz CT molecular complexity index is 2730. The quantitative estimate of drug-likeness (QED) is 0.0169. The van der Waals surface area contributed by atoms with Crippen molar-refractivity contribution in [1.82, 2.24) is 0 Å². The lowest BCUT2D eigenvalue weighted by atomic mass is 10.1. The first-order valence-electron chi connectivity index (χ1n) is 40.0. The molecule has 0 rings (SSSR count). The number of carbonyl (C=O) groups excluding carboxylic acids is 4. The third-order valence-electron chi connectivity index (χ3n) is 15.8. The lowest BCUT2D eigenvalue weighted by Crippen LogP contribution is -2.30. The number of phosphoric ester groups is 2. The van der Waals surface area contributed by atoms with Crippen molar-refractivity contribution in [3.8, 4) is 0 Å². The molecule has 3 N–H and O–H groups in total. The second kappa shape index (κ2) is 77.3. The van der Waals surface area contributed by atoms with Gasteiger partial charge in [0.2, 0.25) is 0 Å². The number of allylic oxidation sites excluding steroid dienone is 30. The van der Waals surface area contributed by atoms with Crippen LogP contribution < -0.4 is 0 Å². The van der Waals surface area contributed by atoms with Crippen LogP contribution >= 0.6 is 15.6 Å². The Labute approximate surface area is 641 Å². The average molecular weight is 1520 g/mol. The number of unbranched alkanes of at least 4 members (excludes halogenated alkanes) is 17. The highest BCUT2D eigenvalue weighted by molar-refractivity contribution is 7.47. The van der Waals surface area contributed by atoms with Gasteiger partial charge in [-0.1, -0.05) is 268 Å². The Morgan fingerprint density at radius 1 is 0.274 bits per heavy atom. The van der Waals surface area contributed by atoms with Crippen LogP contribution in [0.15, 0.2) is 182 Å². The molecule has 106 heavy (non-hydrogen) atoms. The summed E-state index contributed by atoms with van der Waals surface area (Å²) in [6, 6.07) is 0. The third-order valence-corrected chi connectivity index (χ3v) is 17.7. The molecule has 0 bridgehead atoms. The minimum Gasteiger partial charge on any atom is -0.462 e. The molecular formula is C87H140O17P2. The first kappa shape index (κ1) is 100. The van der Waals surface area contributed by atoms with Gasteiger partial charge in [0.25, 0.3) is 0 Å². The fraction of sp³-hybridized carbons (Fsp3) is 0.609. The van der Waals surface area contributed by atoms with Crippen molar-refractivity contribution < 1.29 is 80.2 Å². The Morgan fingerprint density at radius 3 is 0.830 bits per heavy atom. The van der Waals surface area contributed by atoms with Crippen molar-refractivity contribution in [1.29, 1.82) is 0 Å². The molecule has 0 aromatic rings. The third kappa shape index (κ3) is 76.4. The van der Waals surface area contributed by atoms with Crippen molar-refractivity contribution in [2.75, 3.05) is 39.6 Å². The summed E-state index contributed by atoms with van der Waals surface area (Å²) in [6.45, 7) is 4.40. The minimum absolute atomic E-state index is 0.0223. The van der Waals surface area contributed by atoms with E-state index in [2.05, 4.69) is 192 Å². The summed E-state index contributed by atoms with van der Waals surface area (Å²) in [5.41, 5.74) is 0. The molecule has 0 saturated carbocycles. The van der Waals surface area contributed by atoms with Gasteiger partial charge in [0.15, 0.2) is 12.2 Å². The number of rotatable bonds is 73. The van der Waals surface area contributed by atoms with E-state index >= 15 is 0 Å². The molecule has 0 saturated heterocycles. The predicted octanol–water partition coefficient (Wildman–Crippen LogP) is 23.6. The number of ether oxygens (including phenoxy) is 4. The SMILES string of the molecule is CC/C=C\C/C=C\C/C=C\C/C=C\C/C=C\C/C=C\CCC(=O)OC[C@H](COP(=O)(O)OCC(O)COP(=O)(O)OC[C@@H](COC(=O)CCCC/C=C\C/C=C\C/C=C\CCCCC)OC(=O)CCCCCCC/C=C\C/C=C\CCCCC)OC(=O)CCCCCC/C=C\C/C=C\C/C=C\C/C=C\CC. The van der Waals surface area contributed by atoms with Gasteiger partial charge < -0.3 is 33.8 Å². The van der Waals surface area contributed by atoms with E-state index in [1.165, 1.54) is 38.5 Å². The first-order valence-corrected chi connectivity index (χ1v) is 43.0. The van der Waals surface area contributed by atoms with Gasteiger partial charge in [-0.15, -0.1) is 0 Å². The Hall–Kier alpha value is -5.84. The molecule has 0 radical (unpaired) electrons. The molecule has 19 heteroatoms. The van der Waals surface area contributed by atoms with E-state index < -0.39 is 97.5 Å². The standard InChI is InChI=1S/C87H140O17P2/c1-5-9-13-17-21-25-29-33-37-39-40-42-45-48-52-56-60-64-68-72-85(90)98-78-83(104-87(92)74-70-66-62-58-54-50-46-41-38-34-30-26-22-18-14-10-6-2)80-102-106(95,96)100-76-81(88)75-99-105(93,94)101-79-82(103-86(91)73-69-65-61-57-53-49-44-36-32-28-24-20-16-12-8-4)77-97-84(89)71-67-63-59-55-51-47-43-35-31-27-23-19-15-11-7-3/h9-10,13-14,21-28,33-38,40,42-44,46,48,50-52,55,60,64,81-83,88H,5-8,11-12,15-20,29-32,39,41,45,47,49,53-54,56-59,61-63,65-80H2,1-4H3,(H,93,94)(H,95,96)/b13-9-,14-10-,25-21-,26-22-,27-23-,28-24-,37-33-,38-34-,42-40-,43-35-,44-36-,50-46-,52-48-,55-51-,64-60-/t81?,82-,83-/m1/s1. The van der Waals surface area contributed by atoms with E-state index in [4.69, 9.17) is 37.0 Å². The normalized spacial score (nSPS) is 14.8. The van der Waals surface area contributed by atoms with Crippen molar-refractivity contribution in [3.05, 3.63) is 182 Å². The molecule has 5 atom stereocenters. The smallest absolute Gasteiger partial charge is 0.462 e. The van der Waals surface area contributed by atoms with Crippen LogP contribution in [0.3, 0.4) is 0 Å².